The molecule has 0 aromatic carbocycles. The number of nitrogens with zero attached hydrogens (tertiary/aromatic N) is 2. The molecule has 0 aromatic rings. The number of ketones is 2. The fraction of sp³-hybridized carbons (Fsp3) is 0.667. The van der Waals surface area contributed by atoms with Gasteiger partial charge >= 0.3 is 5.71 Å². The summed E-state index contributed by atoms with van der Waals surface area (Å²) in [4.78, 5) is 25.2. The topological polar surface area (TPSA) is 70.5 Å². The normalized spacial score (nSPS) is 23.6. The van der Waals surface area contributed by atoms with Crippen molar-refractivity contribution in [3.8, 4) is 0 Å². The summed E-state index contributed by atoms with van der Waals surface area (Å²) in [5.41, 5.74) is 8.12. The van der Waals surface area contributed by atoms with Crippen molar-refractivity contribution in [2.75, 3.05) is 0 Å². The zero-order valence-electron chi connectivity index (χ0n) is 7.78. The van der Waals surface area contributed by atoms with Gasteiger partial charge in [-0.25, -0.2) is 0 Å². The van der Waals surface area contributed by atoms with Gasteiger partial charge in [0.15, 0.2) is 0 Å². The Morgan fingerprint density at radius 3 is 2.08 bits per heavy atom. The summed E-state index contributed by atoms with van der Waals surface area (Å²) >= 11 is 0. The Labute approximate surface area is 76.6 Å². The fourth-order valence-electron chi connectivity index (χ4n) is 1.48. The van der Waals surface area contributed by atoms with Gasteiger partial charge in [0.25, 0.3) is 0 Å². The van der Waals surface area contributed by atoms with Crippen LogP contribution in [0.3, 0.4) is 0 Å². The van der Waals surface area contributed by atoms with Crippen LogP contribution in [0.4, 0.5) is 0 Å². The van der Waals surface area contributed by atoms with Gasteiger partial charge in [-0.15, -0.1) is 0 Å². The lowest BCUT2D eigenvalue weighted by Crippen LogP contribution is -2.36. The van der Waals surface area contributed by atoms with Crippen LogP contribution in [0.2, 0.25) is 0 Å². The quantitative estimate of drug-likeness (QED) is 0.443. The van der Waals surface area contributed by atoms with E-state index in [1.165, 1.54) is 0 Å². The molecule has 0 atom stereocenters. The SMILES string of the molecule is CC(C)C1CC(=O)C(=[N+]=[N-])C(=O)C1. The third-order valence-electron chi connectivity index (χ3n) is 2.47. The highest BCUT2D eigenvalue weighted by Crippen LogP contribution is 2.24. The molecule has 0 spiro atoms. The second-order valence-electron chi connectivity index (χ2n) is 3.71. The lowest BCUT2D eigenvalue weighted by Gasteiger charge is -2.20. The Morgan fingerprint density at radius 1 is 1.31 bits per heavy atom. The molecule has 0 N–H and O–H groups in total. The summed E-state index contributed by atoms with van der Waals surface area (Å²) in [5, 5.41) is 0. The molecule has 0 saturated heterocycles. The molecule has 0 radical (unpaired) electrons. The van der Waals surface area contributed by atoms with Crippen molar-refractivity contribution >= 4 is 17.3 Å². The van der Waals surface area contributed by atoms with Crippen molar-refractivity contribution in [3.63, 3.8) is 0 Å². The molecule has 1 aliphatic carbocycles. The Morgan fingerprint density at radius 2 is 1.77 bits per heavy atom. The van der Waals surface area contributed by atoms with E-state index >= 15 is 0 Å². The van der Waals surface area contributed by atoms with E-state index in [-0.39, 0.29) is 23.2 Å². The molecule has 0 heterocycles. The van der Waals surface area contributed by atoms with E-state index in [1.54, 1.807) is 0 Å². The van der Waals surface area contributed by atoms with Crippen molar-refractivity contribution < 1.29 is 14.4 Å². The predicted molar refractivity (Wildman–Crippen MR) is 46.2 cm³/mol. The number of rotatable bonds is 1. The molecule has 13 heavy (non-hydrogen) atoms. The number of Topliss-reactive ketones (excluding diaryl/α,β-unsaturated/α-hetero) is 2. The van der Waals surface area contributed by atoms with E-state index in [9.17, 15) is 9.59 Å². The molecule has 0 amide bonds. The van der Waals surface area contributed by atoms with Crippen LogP contribution in [0.1, 0.15) is 26.7 Å². The lowest BCUT2D eigenvalue weighted by molar-refractivity contribution is -0.128. The number of hydrogen-bond donors (Lipinski definition) is 0. The third kappa shape index (κ3) is 1.90. The zero-order valence-corrected chi connectivity index (χ0v) is 7.78. The highest BCUT2D eigenvalue weighted by atomic mass is 16.2. The minimum absolute atomic E-state index is 0.102. The minimum Gasteiger partial charge on any atom is -0.360 e. The molecule has 70 valence electrons. The first kappa shape index (κ1) is 9.81. The summed E-state index contributed by atoms with van der Waals surface area (Å²) in [6.45, 7) is 3.96. The largest absolute Gasteiger partial charge is 0.400 e. The van der Waals surface area contributed by atoms with E-state index in [0.29, 0.717) is 18.8 Å². The summed E-state index contributed by atoms with van der Waals surface area (Å²) in [6, 6.07) is 0. The minimum atomic E-state index is -0.336. The average molecular weight is 180 g/mol. The van der Waals surface area contributed by atoms with Gasteiger partial charge in [-0.2, -0.15) is 4.79 Å². The van der Waals surface area contributed by atoms with Crippen molar-refractivity contribution in [1.82, 2.24) is 0 Å². The fourth-order valence-corrected chi connectivity index (χ4v) is 1.48. The lowest BCUT2D eigenvalue weighted by atomic mass is 9.79. The highest BCUT2D eigenvalue weighted by molar-refractivity contribution is 6.65. The van der Waals surface area contributed by atoms with Crippen LogP contribution in [0.15, 0.2) is 0 Å². The molecule has 0 aliphatic heterocycles. The average Bonchev–Trinajstić information content (AvgIpc) is 2.03. The van der Waals surface area contributed by atoms with Crippen molar-refractivity contribution in [2.24, 2.45) is 11.8 Å². The first-order valence-electron chi connectivity index (χ1n) is 4.34. The van der Waals surface area contributed by atoms with Gasteiger partial charge in [0.05, 0.1) is 0 Å². The Balaban J connectivity index is 2.85. The van der Waals surface area contributed by atoms with Crippen molar-refractivity contribution in [3.05, 3.63) is 5.53 Å². The maximum absolute atomic E-state index is 11.2. The van der Waals surface area contributed by atoms with Crippen LogP contribution in [0.25, 0.3) is 5.53 Å². The van der Waals surface area contributed by atoms with Crippen LogP contribution in [0.5, 0.6) is 0 Å². The summed E-state index contributed by atoms with van der Waals surface area (Å²) < 4.78 is 0. The highest BCUT2D eigenvalue weighted by Gasteiger charge is 2.39. The van der Waals surface area contributed by atoms with Gasteiger partial charge in [-0.05, 0) is 11.8 Å². The van der Waals surface area contributed by atoms with E-state index in [0.717, 1.165) is 0 Å². The van der Waals surface area contributed by atoms with Gasteiger partial charge in [0.2, 0.25) is 11.6 Å². The van der Waals surface area contributed by atoms with Crippen molar-refractivity contribution in [2.45, 2.75) is 26.7 Å². The molecule has 1 rings (SSSR count). The second kappa shape index (κ2) is 3.62. The molecule has 1 saturated carbocycles. The number of carbonyl (C=O) groups is 2. The molecule has 0 bridgehead atoms. The Hall–Kier alpha value is -1.28. The van der Waals surface area contributed by atoms with Crippen molar-refractivity contribution in [1.29, 1.82) is 0 Å². The molecular formula is C9H12N2O2. The molecular weight excluding hydrogens is 168 g/mol. The first-order chi connectivity index (χ1) is 6.06. The second-order valence-corrected chi connectivity index (χ2v) is 3.71. The summed E-state index contributed by atoms with van der Waals surface area (Å²) in [7, 11) is 0. The summed E-state index contributed by atoms with van der Waals surface area (Å²) in [6.07, 6.45) is 0.644. The van der Waals surface area contributed by atoms with E-state index < -0.39 is 0 Å². The van der Waals surface area contributed by atoms with E-state index in [1.807, 2.05) is 13.8 Å². The number of carbonyl (C=O) groups excluding carboxylic acids is 2. The maximum atomic E-state index is 11.2. The molecule has 0 unspecified atom stereocenters. The smallest absolute Gasteiger partial charge is 0.360 e. The maximum Gasteiger partial charge on any atom is 0.400 e. The van der Waals surface area contributed by atoms with Gasteiger partial charge in [0, 0.05) is 12.8 Å². The van der Waals surface area contributed by atoms with Crippen LogP contribution in [0, 0.1) is 11.8 Å². The van der Waals surface area contributed by atoms with Crippen LogP contribution >= 0.6 is 0 Å². The molecule has 4 heteroatoms. The van der Waals surface area contributed by atoms with Gasteiger partial charge in [-0.1, -0.05) is 13.8 Å². The molecule has 1 fully saturated rings. The molecule has 1 aliphatic rings. The molecule has 4 nitrogen and oxygen atoms in total. The third-order valence-corrected chi connectivity index (χ3v) is 2.47. The first-order valence-corrected chi connectivity index (χ1v) is 4.34. The monoisotopic (exact) mass is 180 g/mol. The van der Waals surface area contributed by atoms with E-state index in [4.69, 9.17) is 5.53 Å². The van der Waals surface area contributed by atoms with Crippen LogP contribution < -0.4 is 0 Å². The summed E-state index contributed by atoms with van der Waals surface area (Å²) in [5.74, 6) is -0.256. The van der Waals surface area contributed by atoms with E-state index in [2.05, 4.69) is 4.79 Å². The van der Waals surface area contributed by atoms with Gasteiger partial charge in [-0.3, -0.25) is 9.59 Å². The van der Waals surface area contributed by atoms with Crippen LogP contribution in [-0.2, 0) is 9.59 Å². The van der Waals surface area contributed by atoms with Crippen LogP contribution in [-0.4, -0.2) is 22.1 Å². The Kier molecular flexibility index (Phi) is 2.73. The van der Waals surface area contributed by atoms with Gasteiger partial charge < -0.3 is 5.53 Å². The number of hydrogen-bond acceptors (Lipinski definition) is 2. The zero-order chi connectivity index (χ0) is 10.0. The standard InChI is InChI=1S/C9H12N2O2/c1-5(2)6-3-7(12)9(11-10)8(13)4-6/h5-6H,3-4H2,1-2H3. The predicted octanol–water partition coefficient (Wildman–Crippen LogP) is 0.861. The van der Waals surface area contributed by atoms with Gasteiger partial charge in [0.1, 0.15) is 0 Å². The Bertz CT molecular complexity index is 281. The molecule has 0 aromatic heterocycles.